The largest absolute Gasteiger partial charge is 0.384 e. The molecule has 1 aliphatic rings. The molecule has 0 saturated carbocycles. The highest BCUT2D eigenvalue weighted by Gasteiger charge is 2.23. The third kappa shape index (κ3) is 2.77. The van der Waals surface area contributed by atoms with Gasteiger partial charge in [-0.2, -0.15) is 0 Å². The quantitative estimate of drug-likeness (QED) is 0.638. The van der Waals surface area contributed by atoms with Crippen LogP contribution in [0.5, 0.6) is 0 Å². The molecule has 2 atom stereocenters. The van der Waals surface area contributed by atoms with Crippen molar-refractivity contribution < 1.29 is 9.47 Å². The van der Waals surface area contributed by atoms with E-state index in [4.69, 9.17) is 9.47 Å². The lowest BCUT2D eigenvalue weighted by molar-refractivity contribution is 0.149. The zero-order valence-corrected chi connectivity index (χ0v) is 7.30. The van der Waals surface area contributed by atoms with E-state index in [1.165, 1.54) is 6.42 Å². The molecule has 11 heavy (non-hydrogen) atoms. The number of methoxy groups -OCH3 is 2. The van der Waals surface area contributed by atoms with Crippen molar-refractivity contribution >= 4 is 0 Å². The van der Waals surface area contributed by atoms with E-state index in [0.29, 0.717) is 12.0 Å². The summed E-state index contributed by atoms with van der Waals surface area (Å²) in [6.07, 6.45) is 1.18. The molecule has 3 nitrogen and oxygen atoms in total. The van der Waals surface area contributed by atoms with Gasteiger partial charge in [-0.05, 0) is 12.3 Å². The van der Waals surface area contributed by atoms with Crippen molar-refractivity contribution in [3.8, 4) is 0 Å². The van der Waals surface area contributed by atoms with E-state index in [-0.39, 0.29) is 0 Å². The Bertz CT molecular complexity index is 96.3. The highest BCUT2D eigenvalue weighted by Crippen LogP contribution is 2.13. The van der Waals surface area contributed by atoms with Crippen molar-refractivity contribution in [3.63, 3.8) is 0 Å². The highest BCUT2D eigenvalue weighted by molar-refractivity contribution is 4.80. The average Bonchev–Trinajstić information content (AvgIpc) is 2.38. The molecule has 66 valence electrons. The lowest BCUT2D eigenvalue weighted by Gasteiger charge is -2.08. The number of hydrogen-bond donors (Lipinski definition) is 1. The fraction of sp³-hybridized carbons (Fsp3) is 1.00. The van der Waals surface area contributed by atoms with E-state index in [1.54, 1.807) is 14.2 Å². The van der Waals surface area contributed by atoms with Crippen molar-refractivity contribution in [1.29, 1.82) is 0 Å². The van der Waals surface area contributed by atoms with Crippen LogP contribution >= 0.6 is 0 Å². The van der Waals surface area contributed by atoms with Crippen molar-refractivity contribution in [3.05, 3.63) is 0 Å². The van der Waals surface area contributed by atoms with Crippen LogP contribution in [0.1, 0.15) is 6.42 Å². The summed E-state index contributed by atoms with van der Waals surface area (Å²) in [5, 5.41) is 3.39. The summed E-state index contributed by atoms with van der Waals surface area (Å²) in [5.41, 5.74) is 0. The van der Waals surface area contributed by atoms with Crippen LogP contribution in [0.3, 0.4) is 0 Å². The van der Waals surface area contributed by atoms with Gasteiger partial charge in [0.05, 0.1) is 13.2 Å². The van der Waals surface area contributed by atoms with Gasteiger partial charge < -0.3 is 14.8 Å². The first kappa shape index (κ1) is 8.97. The molecule has 0 spiro atoms. The summed E-state index contributed by atoms with van der Waals surface area (Å²) in [7, 11) is 3.50. The minimum absolute atomic E-state index is 0.542. The minimum atomic E-state index is 0.542. The van der Waals surface area contributed by atoms with Gasteiger partial charge in [-0.25, -0.2) is 0 Å². The van der Waals surface area contributed by atoms with Gasteiger partial charge in [-0.3, -0.25) is 0 Å². The molecule has 1 fully saturated rings. The molecule has 0 radical (unpaired) electrons. The Hall–Kier alpha value is -0.120. The molecule has 0 aliphatic carbocycles. The van der Waals surface area contributed by atoms with E-state index in [0.717, 1.165) is 19.8 Å². The molecule has 1 heterocycles. The van der Waals surface area contributed by atoms with E-state index in [2.05, 4.69) is 5.32 Å². The van der Waals surface area contributed by atoms with Crippen molar-refractivity contribution in [2.24, 2.45) is 5.92 Å². The molecule has 0 aromatic heterocycles. The van der Waals surface area contributed by atoms with Gasteiger partial charge in [0.2, 0.25) is 0 Å². The number of ether oxygens (including phenoxy) is 2. The molecule has 2 unspecified atom stereocenters. The van der Waals surface area contributed by atoms with Crippen LogP contribution in [0.15, 0.2) is 0 Å². The maximum atomic E-state index is 5.07. The summed E-state index contributed by atoms with van der Waals surface area (Å²) < 4.78 is 10.1. The zero-order chi connectivity index (χ0) is 8.10. The van der Waals surface area contributed by atoms with Gasteiger partial charge in [-0.15, -0.1) is 0 Å². The number of hydrogen-bond acceptors (Lipinski definition) is 3. The fourth-order valence-electron chi connectivity index (χ4n) is 1.59. The molecule has 1 aliphatic heterocycles. The first-order valence-corrected chi connectivity index (χ1v) is 4.08. The lowest BCUT2D eigenvalue weighted by Crippen LogP contribution is -2.25. The Morgan fingerprint density at radius 3 is 2.64 bits per heavy atom. The van der Waals surface area contributed by atoms with Gasteiger partial charge in [0.15, 0.2) is 0 Å². The number of rotatable bonds is 4. The van der Waals surface area contributed by atoms with Gasteiger partial charge in [0, 0.05) is 26.8 Å². The summed E-state index contributed by atoms with van der Waals surface area (Å²) in [4.78, 5) is 0. The molecule has 1 N–H and O–H groups in total. The maximum Gasteiger partial charge on any atom is 0.0615 e. The predicted molar refractivity (Wildman–Crippen MR) is 43.6 cm³/mol. The molecule has 0 aromatic carbocycles. The molecule has 0 aromatic rings. The van der Waals surface area contributed by atoms with Crippen LogP contribution in [0, 0.1) is 5.92 Å². The topological polar surface area (TPSA) is 30.5 Å². The Kier molecular flexibility index (Phi) is 3.83. The fourth-order valence-corrected chi connectivity index (χ4v) is 1.59. The van der Waals surface area contributed by atoms with Gasteiger partial charge in [0.25, 0.3) is 0 Å². The maximum absolute atomic E-state index is 5.07. The standard InChI is InChI=1S/C8H17NO2/c1-10-5-7-3-8(6-11-2)9-4-7/h7-9H,3-6H2,1-2H3. The van der Waals surface area contributed by atoms with Crippen LogP contribution in [-0.4, -0.2) is 40.0 Å². The Morgan fingerprint density at radius 2 is 2.00 bits per heavy atom. The lowest BCUT2D eigenvalue weighted by atomic mass is 10.1. The highest BCUT2D eigenvalue weighted by atomic mass is 16.5. The molecular weight excluding hydrogens is 142 g/mol. The second-order valence-electron chi connectivity index (χ2n) is 3.12. The summed E-state index contributed by atoms with van der Waals surface area (Å²) in [6.45, 7) is 2.76. The van der Waals surface area contributed by atoms with E-state index in [1.807, 2.05) is 0 Å². The van der Waals surface area contributed by atoms with Crippen LogP contribution < -0.4 is 5.32 Å². The first-order valence-electron chi connectivity index (χ1n) is 4.08. The minimum Gasteiger partial charge on any atom is -0.384 e. The molecule has 0 bridgehead atoms. The van der Waals surface area contributed by atoms with Crippen molar-refractivity contribution in [2.45, 2.75) is 12.5 Å². The Morgan fingerprint density at radius 1 is 1.27 bits per heavy atom. The molecule has 1 saturated heterocycles. The average molecular weight is 159 g/mol. The summed E-state index contributed by atoms with van der Waals surface area (Å²) in [5.74, 6) is 0.681. The Labute approximate surface area is 68.1 Å². The van der Waals surface area contributed by atoms with Gasteiger partial charge >= 0.3 is 0 Å². The summed E-state index contributed by atoms with van der Waals surface area (Å²) in [6, 6.07) is 0.542. The first-order chi connectivity index (χ1) is 5.36. The monoisotopic (exact) mass is 159 g/mol. The van der Waals surface area contributed by atoms with Crippen LogP contribution in [0.4, 0.5) is 0 Å². The van der Waals surface area contributed by atoms with Gasteiger partial charge in [-0.1, -0.05) is 0 Å². The van der Waals surface area contributed by atoms with E-state index >= 15 is 0 Å². The van der Waals surface area contributed by atoms with E-state index in [9.17, 15) is 0 Å². The predicted octanol–water partition coefficient (Wildman–Crippen LogP) is 0.257. The third-order valence-corrected chi connectivity index (χ3v) is 2.08. The third-order valence-electron chi connectivity index (χ3n) is 2.08. The van der Waals surface area contributed by atoms with Crippen LogP contribution in [-0.2, 0) is 9.47 Å². The van der Waals surface area contributed by atoms with E-state index < -0.39 is 0 Å². The van der Waals surface area contributed by atoms with Crippen molar-refractivity contribution in [2.75, 3.05) is 34.0 Å². The summed E-state index contributed by atoms with van der Waals surface area (Å²) >= 11 is 0. The molecule has 0 amide bonds. The smallest absolute Gasteiger partial charge is 0.0615 e. The second-order valence-corrected chi connectivity index (χ2v) is 3.12. The zero-order valence-electron chi connectivity index (χ0n) is 7.30. The molecular formula is C8H17NO2. The second kappa shape index (κ2) is 4.70. The Balaban J connectivity index is 2.12. The normalized spacial score (nSPS) is 31.1. The van der Waals surface area contributed by atoms with Crippen molar-refractivity contribution in [1.82, 2.24) is 5.32 Å². The SMILES string of the molecule is COCC1CNC(COC)C1. The van der Waals surface area contributed by atoms with Crippen LogP contribution in [0.2, 0.25) is 0 Å². The number of nitrogens with one attached hydrogen (secondary N) is 1. The van der Waals surface area contributed by atoms with Crippen LogP contribution in [0.25, 0.3) is 0 Å². The molecule has 1 rings (SSSR count). The van der Waals surface area contributed by atoms with Gasteiger partial charge in [0.1, 0.15) is 0 Å². The molecule has 3 heteroatoms.